The molecule has 1 aliphatic heterocycles. The van der Waals surface area contributed by atoms with Crippen molar-refractivity contribution in [1.82, 2.24) is 0 Å². The summed E-state index contributed by atoms with van der Waals surface area (Å²) >= 11 is 0. The van der Waals surface area contributed by atoms with Crippen LogP contribution in [0.4, 0.5) is 0 Å². The predicted molar refractivity (Wildman–Crippen MR) is 224 cm³/mol. The fourth-order valence-corrected chi connectivity index (χ4v) is 7.42. The SMILES string of the molecule is CCCCCCCCCCCCCCCCCCCCC(=O)OC[C@H](COP(=O)(O)O)OC(=O)CCC/C=C\C[C@H]1[C@@H](O)CC(O)O[C@@H]1/C=C/[C@@H](O)CCCCC. The van der Waals surface area contributed by atoms with Gasteiger partial charge in [0.1, 0.15) is 6.61 Å². The van der Waals surface area contributed by atoms with Crippen molar-refractivity contribution < 1.29 is 58.0 Å². The number of rotatable bonds is 37. The van der Waals surface area contributed by atoms with E-state index in [1.54, 1.807) is 12.2 Å². The molecule has 1 rings (SSSR count). The molecule has 5 N–H and O–H groups in total. The molecule has 0 aromatic rings. The van der Waals surface area contributed by atoms with Crippen LogP contribution in [0.5, 0.6) is 0 Å². The van der Waals surface area contributed by atoms with Gasteiger partial charge in [-0.15, -0.1) is 0 Å². The molecule has 0 bridgehead atoms. The molecule has 0 amide bonds. The lowest BCUT2D eigenvalue weighted by Gasteiger charge is -2.36. The van der Waals surface area contributed by atoms with E-state index >= 15 is 0 Å². The third-order valence-corrected chi connectivity index (χ3v) is 11.0. The summed E-state index contributed by atoms with van der Waals surface area (Å²) in [6.45, 7) is 3.37. The molecule has 0 aliphatic carbocycles. The molecule has 0 aromatic carbocycles. The van der Waals surface area contributed by atoms with Gasteiger partial charge in [-0.25, -0.2) is 4.57 Å². The summed E-state index contributed by atoms with van der Waals surface area (Å²) in [6, 6.07) is 0. The molecule has 0 spiro atoms. The van der Waals surface area contributed by atoms with Gasteiger partial charge in [-0.3, -0.25) is 14.1 Å². The van der Waals surface area contributed by atoms with E-state index in [1.165, 1.54) is 89.9 Å². The molecule has 0 radical (unpaired) electrons. The fraction of sp³-hybridized carbons (Fsp3) is 0.864. The van der Waals surface area contributed by atoms with Gasteiger partial charge < -0.3 is 39.3 Å². The number of phosphoric ester groups is 1. The first kappa shape index (κ1) is 53.4. The lowest BCUT2D eigenvalue weighted by atomic mass is 9.87. The summed E-state index contributed by atoms with van der Waals surface area (Å²) in [5.41, 5.74) is 0. The monoisotopic (exact) mass is 833 g/mol. The summed E-state index contributed by atoms with van der Waals surface area (Å²) in [7, 11) is -4.83. The van der Waals surface area contributed by atoms with Crippen LogP contribution in [0.1, 0.15) is 194 Å². The van der Waals surface area contributed by atoms with Crippen molar-refractivity contribution in [3.05, 3.63) is 24.3 Å². The third kappa shape index (κ3) is 31.9. The number of allylic oxidation sites excluding steroid dienone is 2. The second-order valence-electron chi connectivity index (χ2n) is 15.9. The number of unbranched alkanes of at least 4 members (excludes halogenated alkanes) is 20. The van der Waals surface area contributed by atoms with E-state index in [0.29, 0.717) is 32.1 Å². The minimum atomic E-state index is -4.83. The van der Waals surface area contributed by atoms with E-state index in [2.05, 4.69) is 18.4 Å². The Morgan fingerprint density at radius 3 is 1.81 bits per heavy atom. The van der Waals surface area contributed by atoms with Crippen molar-refractivity contribution in [2.45, 2.75) is 224 Å². The van der Waals surface area contributed by atoms with Crippen LogP contribution >= 0.6 is 7.82 Å². The zero-order valence-corrected chi connectivity index (χ0v) is 36.4. The van der Waals surface area contributed by atoms with Crippen molar-refractivity contribution in [3.8, 4) is 0 Å². The zero-order chi connectivity index (χ0) is 42.0. The molecule has 6 atom stereocenters. The number of carbonyl (C=O) groups excluding carboxylic acids is 2. The molecule has 0 aromatic heterocycles. The Balaban J connectivity index is 2.27. The first-order chi connectivity index (χ1) is 27.4. The van der Waals surface area contributed by atoms with Crippen LogP contribution in [0.3, 0.4) is 0 Å². The van der Waals surface area contributed by atoms with E-state index in [-0.39, 0.29) is 31.8 Å². The van der Waals surface area contributed by atoms with E-state index in [1.807, 2.05) is 12.2 Å². The minimum Gasteiger partial charge on any atom is -0.462 e. The second-order valence-corrected chi connectivity index (χ2v) is 17.2. The molecule has 1 fully saturated rings. The topological polar surface area (TPSA) is 189 Å². The van der Waals surface area contributed by atoms with Crippen molar-refractivity contribution in [2.75, 3.05) is 13.2 Å². The highest BCUT2D eigenvalue weighted by Gasteiger charge is 2.35. The molecule has 1 aliphatic rings. The summed E-state index contributed by atoms with van der Waals surface area (Å²) in [5.74, 6) is -1.39. The van der Waals surface area contributed by atoms with Gasteiger partial charge in [0, 0.05) is 25.2 Å². The second kappa shape index (κ2) is 35.2. The number of hydrogen-bond acceptors (Lipinski definition) is 10. The Bertz CT molecular complexity index is 1100. The number of ether oxygens (including phenoxy) is 3. The number of phosphoric acid groups is 1. The third-order valence-electron chi connectivity index (χ3n) is 10.5. The zero-order valence-electron chi connectivity index (χ0n) is 35.5. The van der Waals surface area contributed by atoms with Crippen LogP contribution in [0, 0.1) is 5.92 Å². The lowest BCUT2D eigenvalue weighted by Crippen LogP contribution is -2.43. The van der Waals surface area contributed by atoms with Crippen molar-refractivity contribution in [3.63, 3.8) is 0 Å². The number of aliphatic hydroxyl groups is 3. The minimum absolute atomic E-state index is 0.0205. The Hall–Kier alpha value is -1.63. The standard InChI is InChI=1S/C44H81O12P/c1-3-5-7-8-9-10-11-12-13-14-15-16-17-18-19-20-21-26-30-42(47)53-35-38(36-54-57(50,51)52)55-43(48)31-27-23-22-25-29-39-40(46)34-44(49)56-41(39)33-32-37(45)28-24-6-4-2/h22,25,32-33,37-41,44-46,49H,3-21,23-24,26-31,34-36H2,1-2H3,(H2,50,51,52)/b25-22-,33-32+/t37-,38+,39-,40-,41+,44?/m0/s1. The summed E-state index contributed by atoms with van der Waals surface area (Å²) < 4.78 is 32.1. The maximum atomic E-state index is 12.5. The molecule has 0 saturated carbocycles. The van der Waals surface area contributed by atoms with Gasteiger partial charge in [-0.05, 0) is 32.1 Å². The summed E-state index contributed by atoms with van der Waals surface area (Å²) in [4.78, 5) is 43.2. The highest BCUT2D eigenvalue weighted by Crippen LogP contribution is 2.36. The molecule has 12 nitrogen and oxygen atoms in total. The van der Waals surface area contributed by atoms with Crippen LogP contribution in [-0.4, -0.2) is 81.0 Å². The van der Waals surface area contributed by atoms with E-state index in [0.717, 1.165) is 38.5 Å². The molecule has 1 unspecified atom stereocenters. The predicted octanol–water partition coefficient (Wildman–Crippen LogP) is 9.68. The van der Waals surface area contributed by atoms with E-state index in [9.17, 15) is 29.5 Å². The van der Waals surface area contributed by atoms with Crippen LogP contribution < -0.4 is 0 Å². The van der Waals surface area contributed by atoms with Crippen LogP contribution in [0.2, 0.25) is 0 Å². The average Bonchev–Trinajstić information content (AvgIpc) is 3.16. The van der Waals surface area contributed by atoms with Gasteiger partial charge >= 0.3 is 19.8 Å². The van der Waals surface area contributed by atoms with Gasteiger partial charge in [0.25, 0.3) is 0 Å². The van der Waals surface area contributed by atoms with Crippen LogP contribution in [-0.2, 0) is 32.9 Å². The maximum Gasteiger partial charge on any atom is 0.469 e. The number of carbonyl (C=O) groups is 2. The Morgan fingerprint density at radius 1 is 0.719 bits per heavy atom. The molecule has 1 saturated heterocycles. The quantitative estimate of drug-likeness (QED) is 0.0173. The Morgan fingerprint density at radius 2 is 1.25 bits per heavy atom. The first-order valence-electron chi connectivity index (χ1n) is 22.5. The van der Waals surface area contributed by atoms with E-state index < -0.39 is 57.1 Å². The lowest BCUT2D eigenvalue weighted by molar-refractivity contribution is -0.199. The van der Waals surface area contributed by atoms with Crippen molar-refractivity contribution in [1.29, 1.82) is 0 Å². The molecular formula is C44H81O12P. The maximum absolute atomic E-state index is 12.5. The van der Waals surface area contributed by atoms with Crippen LogP contribution in [0.15, 0.2) is 24.3 Å². The Labute approximate surface area is 344 Å². The largest absolute Gasteiger partial charge is 0.469 e. The molecule has 57 heavy (non-hydrogen) atoms. The molecule has 1 heterocycles. The van der Waals surface area contributed by atoms with Gasteiger partial charge in [0.05, 0.1) is 24.9 Å². The van der Waals surface area contributed by atoms with Crippen LogP contribution in [0.25, 0.3) is 0 Å². The normalized spacial score (nSPS) is 20.0. The highest BCUT2D eigenvalue weighted by molar-refractivity contribution is 7.46. The number of hydrogen-bond donors (Lipinski definition) is 5. The van der Waals surface area contributed by atoms with Crippen molar-refractivity contribution >= 4 is 19.8 Å². The van der Waals surface area contributed by atoms with Gasteiger partial charge in [-0.1, -0.05) is 167 Å². The molecule has 334 valence electrons. The van der Waals surface area contributed by atoms with Gasteiger partial charge in [-0.2, -0.15) is 0 Å². The van der Waals surface area contributed by atoms with Crippen molar-refractivity contribution in [2.24, 2.45) is 5.92 Å². The summed E-state index contributed by atoms with van der Waals surface area (Å²) in [5, 5.41) is 30.9. The molecular weight excluding hydrogens is 751 g/mol. The fourth-order valence-electron chi connectivity index (χ4n) is 7.06. The van der Waals surface area contributed by atoms with Gasteiger partial charge in [0.15, 0.2) is 12.4 Å². The molecule has 13 heteroatoms. The number of aliphatic hydroxyl groups excluding tert-OH is 3. The number of esters is 2. The van der Waals surface area contributed by atoms with E-state index in [4.69, 9.17) is 24.0 Å². The smallest absolute Gasteiger partial charge is 0.462 e. The highest BCUT2D eigenvalue weighted by atomic mass is 31.2. The average molecular weight is 833 g/mol. The summed E-state index contributed by atoms with van der Waals surface area (Å²) in [6.07, 6.45) is 30.9. The first-order valence-corrected chi connectivity index (χ1v) is 24.1. The Kier molecular flexibility index (Phi) is 32.9. The van der Waals surface area contributed by atoms with Gasteiger partial charge in [0.2, 0.25) is 0 Å².